The van der Waals surface area contributed by atoms with Crippen LogP contribution in [0.4, 0.5) is 0 Å². The number of rotatable bonds is 6. The zero-order valence-electron chi connectivity index (χ0n) is 14.1. The van der Waals surface area contributed by atoms with Crippen LogP contribution in [0.15, 0.2) is 48.5 Å². The van der Waals surface area contributed by atoms with Crippen molar-refractivity contribution in [2.24, 2.45) is 0 Å². The van der Waals surface area contributed by atoms with E-state index in [0.717, 1.165) is 11.8 Å². The molecule has 3 aromatic rings. The van der Waals surface area contributed by atoms with Gasteiger partial charge < -0.3 is 14.2 Å². The first-order valence-corrected chi connectivity index (χ1v) is 8.01. The van der Waals surface area contributed by atoms with Crippen LogP contribution in [0.1, 0.15) is 10.4 Å². The Labute approximate surface area is 155 Å². The Morgan fingerprint density at radius 3 is 2.27 bits per heavy atom. The second-order valence-electron chi connectivity index (χ2n) is 5.18. The van der Waals surface area contributed by atoms with Gasteiger partial charge in [-0.25, -0.2) is 0 Å². The molecule has 0 aliphatic carbocycles. The minimum atomic E-state index is 0.00699. The van der Waals surface area contributed by atoms with Crippen LogP contribution in [0.25, 0.3) is 11.1 Å². The molecule has 3 rings (SSSR count). The summed E-state index contributed by atoms with van der Waals surface area (Å²) in [5.41, 5.74) is 1.85. The fraction of sp³-hybridized carbons (Fsp3) is 0.105. The monoisotopic (exact) mass is 370 g/mol. The van der Waals surface area contributed by atoms with Gasteiger partial charge in [-0.15, -0.1) is 0 Å². The molecule has 2 aromatic carbocycles. The van der Waals surface area contributed by atoms with Crippen molar-refractivity contribution in [2.45, 2.75) is 0 Å². The average Bonchev–Trinajstić information content (AvgIpc) is 2.67. The first-order valence-electron chi connectivity index (χ1n) is 7.63. The lowest BCUT2D eigenvalue weighted by Crippen LogP contribution is -2.00. The van der Waals surface area contributed by atoms with Crippen molar-refractivity contribution in [3.63, 3.8) is 0 Å². The number of hydrogen-bond donors (Lipinski definition) is 0. The Morgan fingerprint density at radius 2 is 1.65 bits per heavy atom. The molecule has 0 aliphatic rings. The molecular formula is C19H15ClN2O4. The van der Waals surface area contributed by atoms with Crippen LogP contribution in [0.5, 0.6) is 23.5 Å². The van der Waals surface area contributed by atoms with Gasteiger partial charge in [-0.3, -0.25) is 4.79 Å². The number of carbonyl (C=O) groups is 1. The zero-order chi connectivity index (χ0) is 18.5. The first-order chi connectivity index (χ1) is 12.6. The van der Waals surface area contributed by atoms with Gasteiger partial charge in [0.15, 0.2) is 6.29 Å². The number of nitrogens with zero attached hydrogens (tertiary/aromatic N) is 2. The van der Waals surface area contributed by atoms with Gasteiger partial charge >= 0.3 is 6.01 Å². The molecule has 6 nitrogen and oxygen atoms in total. The van der Waals surface area contributed by atoms with E-state index in [9.17, 15) is 4.79 Å². The van der Waals surface area contributed by atoms with Crippen molar-refractivity contribution in [3.8, 4) is 34.6 Å². The van der Waals surface area contributed by atoms with E-state index in [1.54, 1.807) is 24.3 Å². The molecular weight excluding hydrogens is 356 g/mol. The summed E-state index contributed by atoms with van der Waals surface area (Å²) in [5, 5.41) is 0.575. The maximum absolute atomic E-state index is 11.7. The van der Waals surface area contributed by atoms with E-state index < -0.39 is 0 Å². The van der Waals surface area contributed by atoms with Crippen LogP contribution in [-0.4, -0.2) is 30.5 Å². The Kier molecular flexibility index (Phi) is 5.34. The first kappa shape index (κ1) is 17.7. The Hall–Kier alpha value is -3.12. The Morgan fingerprint density at radius 1 is 0.962 bits per heavy atom. The zero-order valence-corrected chi connectivity index (χ0v) is 14.9. The van der Waals surface area contributed by atoms with Crippen molar-refractivity contribution in [3.05, 3.63) is 59.1 Å². The van der Waals surface area contributed by atoms with Crippen molar-refractivity contribution in [1.82, 2.24) is 9.97 Å². The largest absolute Gasteiger partial charge is 0.481 e. The molecule has 0 amide bonds. The Balaban J connectivity index is 2.04. The molecule has 0 N–H and O–H groups in total. The molecule has 0 saturated heterocycles. The fourth-order valence-electron chi connectivity index (χ4n) is 2.40. The number of ether oxygens (including phenoxy) is 3. The molecule has 0 spiro atoms. The SMILES string of the molecule is COc1cc(OC)nc(Oc2cccc(-c3cccc(Cl)c3)c2C=O)n1. The van der Waals surface area contributed by atoms with Gasteiger partial charge in [0.2, 0.25) is 11.8 Å². The average molecular weight is 371 g/mol. The standard InChI is InChI=1S/C19H15ClN2O4/c1-24-17-10-18(25-2)22-19(21-17)26-16-8-4-7-14(15(16)11-23)12-5-3-6-13(20)9-12/h3-11H,1-2H3. The number of methoxy groups -OCH3 is 2. The fourth-order valence-corrected chi connectivity index (χ4v) is 2.59. The molecule has 0 bridgehead atoms. The third-order valence-corrected chi connectivity index (χ3v) is 3.83. The van der Waals surface area contributed by atoms with Gasteiger partial charge in [-0.05, 0) is 29.3 Å². The maximum atomic E-state index is 11.7. The number of hydrogen-bond acceptors (Lipinski definition) is 6. The van der Waals surface area contributed by atoms with Gasteiger partial charge in [0.25, 0.3) is 0 Å². The van der Waals surface area contributed by atoms with Gasteiger partial charge in [0.05, 0.1) is 25.8 Å². The minimum absolute atomic E-state index is 0.00699. The van der Waals surface area contributed by atoms with Crippen LogP contribution in [0.3, 0.4) is 0 Å². The highest BCUT2D eigenvalue weighted by Gasteiger charge is 2.14. The summed E-state index contributed by atoms with van der Waals surface area (Å²) in [6.45, 7) is 0. The molecule has 0 radical (unpaired) electrons. The van der Waals surface area contributed by atoms with Crippen molar-refractivity contribution >= 4 is 17.9 Å². The lowest BCUT2D eigenvalue weighted by molar-refractivity contribution is 0.112. The molecule has 0 atom stereocenters. The molecule has 0 saturated carbocycles. The van der Waals surface area contributed by atoms with Gasteiger partial charge in [0.1, 0.15) is 5.75 Å². The van der Waals surface area contributed by atoms with E-state index in [1.807, 2.05) is 18.2 Å². The summed E-state index contributed by atoms with van der Waals surface area (Å²) in [7, 11) is 2.95. The van der Waals surface area contributed by atoms with Crippen molar-refractivity contribution in [2.75, 3.05) is 14.2 Å². The number of halogens is 1. The molecule has 0 fully saturated rings. The lowest BCUT2D eigenvalue weighted by Gasteiger charge is -2.12. The van der Waals surface area contributed by atoms with Crippen LogP contribution >= 0.6 is 11.6 Å². The molecule has 0 unspecified atom stereocenters. The predicted molar refractivity (Wildman–Crippen MR) is 97.5 cm³/mol. The third kappa shape index (κ3) is 3.75. The normalized spacial score (nSPS) is 10.3. The van der Waals surface area contributed by atoms with E-state index in [1.165, 1.54) is 20.3 Å². The number of aldehydes is 1. The number of aromatic nitrogens is 2. The molecule has 0 aliphatic heterocycles. The number of benzene rings is 2. The highest BCUT2D eigenvalue weighted by Crippen LogP contribution is 2.33. The van der Waals surface area contributed by atoms with Gasteiger partial charge in [-0.1, -0.05) is 35.9 Å². The summed E-state index contributed by atoms with van der Waals surface area (Å²) in [6, 6.07) is 14.0. The summed E-state index contributed by atoms with van der Waals surface area (Å²) >= 11 is 6.06. The second kappa shape index (κ2) is 7.84. The molecule has 132 valence electrons. The van der Waals surface area contributed by atoms with E-state index in [0.29, 0.717) is 21.9 Å². The highest BCUT2D eigenvalue weighted by atomic mass is 35.5. The topological polar surface area (TPSA) is 70.5 Å². The van der Waals surface area contributed by atoms with E-state index in [-0.39, 0.29) is 17.8 Å². The maximum Gasteiger partial charge on any atom is 0.328 e. The smallest absolute Gasteiger partial charge is 0.328 e. The third-order valence-electron chi connectivity index (χ3n) is 3.60. The quantitative estimate of drug-likeness (QED) is 0.598. The second-order valence-corrected chi connectivity index (χ2v) is 5.62. The highest BCUT2D eigenvalue weighted by molar-refractivity contribution is 6.30. The summed E-state index contributed by atoms with van der Waals surface area (Å²) in [6.07, 6.45) is 0.725. The summed E-state index contributed by atoms with van der Waals surface area (Å²) in [4.78, 5) is 20.0. The van der Waals surface area contributed by atoms with Gasteiger partial charge in [0, 0.05) is 5.02 Å². The van der Waals surface area contributed by atoms with Crippen molar-refractivity contribution in [1.29, 1.82) is 0 Å². The number of carbonyl (C=O) groups excluding carboxylic acids is 1. The van der Waals surface area contributed by atoms with Crippen LogP contribution in [-0.2, 0) is 0 Å². The Bertz CT molecular complexity index is 924. The van der Waals surface area contributed by atoms with Crippen LogP contribution in [0.2, 0.25) is 5.02 Å². The minimum Gasteiger partial charge on any atom is -0.481 e. The summed E-state index contributed by atoms with van der Waals surface area (Å²) in [5.74, 6) is 0.878. The molecule has 26 heavy (non-hydrogen) atoms. The van der Waals surface area contributed by atoms with E-state index in [2.05, 4.69) is 9.97 Å². The summed E-state index contributed by atoms with van der Waals surface area (Å²) < 4.78 is 15.9. The van der Waals surface area contributed by atoms with E-state index in [4.69, 9.17) is 25.8 Å². The predicted octanol–water partition coefficient (Wildman–Crippen LogP) is 4.42. The van der Waals surface area contributed by atoms with E-state index >= 15 is 0 Å². The lowest BCUT2D eigenvalue weighted by atomic mass is 10.00. The van der Waals surface area contributed by atoms with Crippen LogP contribution in [0, 0.1) is 0 Å². The van der Waals surface area contributed by atoms with Crippen molar-refractivity contribution < 1.29 is 19.0 Å². The molecule has 1 heterocycles. The molecule has 7 heteroatoms. The van der Waals surface area contributed by atoms with Crippen LogP contribution < -0.4 is 14.2 Å². The molecule has 1 aromatic heterocycles. The van der Waals surface area contributed by atoms with Gasteiger partial charge in [-0.2, -0.15) is 9.97 Å².